The van der Waals surface area contributed by atoms with Crippen LogP contribution in [0.2, 0.25) is 0 Å². The van der Waals surface area contributed by atoms with Crippen molar-refractivity contribution in [2.75, 3.05) is 10.6 Å². The van der Waals surface area contributed by atoms with E-state index in [2.05, 4.69) is 20.8 Å². The zero-order chi connectivity index (χ0) is 21.8. The molecule has 4 aromatic rings. The normalized spacial score (nSPS) is 11.7. The highest BCUT2D eigenvalue weighted by Crippen LogP contribution is 2.18. The van der Waals surface area contributed by atoms with Gasteiger partial charge in [-0.05, 0) is 49.7 Å². The molecule has 0 saturated heterocycles. The summed E-state index contributed by atoms with van der Waals surface area (Å²) in [5.74, 6) is -0.486. The molecule has 8 heteroatoms. The Balaban J connectivity index is 1.44. The van der Waals surface area contributed by atoms with Crippen molar-refractivity contribution in [1.29, 1.82) is 0 Å². The molecule has 1 unspecified atom stereocenters. The van der Waals surface area contributed by atoms with Crippen LogP contribution >= 0.6 is 0 Å². The zero-order valence-electron chi connectivity index (χ0n) is 17.2. The Morgan fingerprint density at radius 1 is 0.968 bits per heavy atom. The van der Waals surface area contributed by atoms with Gasteiger partial charge in [-0.3, -0.25) is 14.3 Å². The third-order valence-corrected chi connectivity index (χ3v) is 4.90. The van der Waals surface area contributed by atoms with E-state index in [0.717, 1.165) is 11.3 Å². The quantitative estimate of drug-likeness (QED) is 0.501. The number of nitrogens with one attached hydrogen (secondary N) is 2. The largest absolute Gasteiger partial charge is 0.324 e. The molecular weight excluding hydrogens is 392 g/mol. The maximum atomic E-state index is 12.7. The fourth-order valence-electron chi connectivity index (χ4n) is 3.15. The Hall–Kier alpha value is -4.20. The number of rotatable bonds is 6. The second-order valence-electron chi connectivity index (χ2n) is 7.15. The SMILES string of the molecule is Cc1ccccc1-n1cc(C(=O)Nc2cccc(NC(=O)C(C)n3cccn3)c2)cn1. The molecule has 0 aliphatic heterocycles. The third kappa shape index (κ3) is 4.53. The van der Waals surface area contributed by atoms with Crippen molar-refractivity contribution in [3.05, 3.63) is 90.5 Å². The number of carbonyl (C=O) groups excluding carboxylic acids is 2. The van der Waals surface area contributed by atoms with Crippen LogP contribution in [0.1, 0.15) is 28.9 Å². The van der Waals surface area contributed by atoms with Crippen molar-refractivity contribution in [2.24, 2.45) is 0 Å². The van der Waals surface area contributed by atoms with Crippen molar-refractivity contribution in [2.45, 2.75) is 19.9 Å². The first-order chi connectivity index (χ1) is 15.0. The molecule has 0 bridgehead atoms. The van der Waals surface area contributed by atoms with E-state index in [-0.39, 0.29) is 11.8 Å². The van der Waals surface area contributed by atoms with Gasteiger partial charge < -0.3 is 10.6 Å². The second-order valence-corrected chi connectivity index (χ2v) is 7.15. The lowest BCUT2D eigenvalue weighted by atomic mass is 10.2. The van der Waals surface area contributed by atoms with Gasteiger partial charge in [-0.2, -0.15) is 10.2 Å². The predicted octanol–water partition coefficient (Wildman–Crippen LogP) is 3.83. The van der Waals surface area contributed by atoms with Gasteiger partial charge in [0.1, 0.15) is 6.04 Å². The Labute approximate surface area is 179 Å². The van der Waals surface area contributed by atoms with E-state index >= 15 is 0 Å². The molecule has 4 rings (SSSR count). The average Bonchev–Trinajstić information content (AvgIpc) is 3.46. The van der Waals surface area contributed by atoms with Gasteiger partial charge in [0, 0.05) is 30.0 Å². The van der Waals surface area contributed by atoms with Gasteiger partial charge in [0.2, 0.25) is 5.91 Å². The minimum Gasteiger partial charge on any atom is -0.324 e. The van der Waals surface area contributed by atoms with Crippen LogP contribution in [0.15, 0.2) is 79.4 Å². The van der Waals surface area contributed by atoms with Crippen molar-refractivity contribution in [1.82, 2.24) is 19.6 Å². The summed E-state index contributed by atoms with van der Waals surface area (Å²) in [5, 5.41) is 14.1. The lowest BCUT2D eigenvalue weighted by molar-refractivity contribution is -0.119. The molecule has 0 spiro atoms. The van der Waals surface area contributed by atoms with Crippen LogP contribution in [0, 0.1) is 6.92 Å². The highest BCUT2D eigenvalue weighted by Gasteiger charge is 2.16. The number of aryl methyl sites for hydroxylation is 1. The first kappa shape index (κ1) is 20.1. The van der Waals surface area contributed by atoms with Crippen LogP contribution in [-0.2, 0) is 4.79 Å². The Kier molecular flexibility index (Phi) is 5.61. The Morgan fingerprint density at radius 2 is 1.74 bits per heavy atom. The minimum absolute atomic E-state index is 0.202. The highest BCUT2D eigenvalue weighted by molar-refractivity contribution is 6.04. The van der Waals surface area contributed by atoms with Crippen molar-refractivity contribution in [3.63, 3.8) is 0 Å². The van der Waals surface area contributed by atoms with E-state index < -0.39 is 6.04 Å². The van der Waals surface area contributed by atoms with Gasteiger partial charge in [0.05, 0.1) is 17.4 Å². The van der Waals surface area contributed by atoms with E-state index in [1.165, 1.54) is 6.20 Å². The van der Waals surface area contributed by atoms with Crippen LogP contribution in [0.3, 0.4) is 0 Å². The maximum Gasteiger partial charge on any atom is 0.258 e. The summed E-state index contributed by atoms with van der Waals surface area (Å²) in [7, 11) is 0. The van der Waals surface area contributed by atoms with Crippen molar-refractivity contribution >= 4 is 23.2 Å². The van der Waals surface area contributed by atoms with Crippen LogP contribution in [0.5, 0.6) is 0 Å². The first-order valence-electron chi connectivity index (χ1n) is 9.83. The highest BCUT2D eigenvalue weighted by atomic mass is 16.2. The number of nitrogens with zero attached hydrogens (tertiary/aromatic N) is 4. The Bertz CT molecular complexity index is 1210. The lowest BCUT2D eigenvalue weighted by Crippen LogP contribution is -2.24. The maximum absolute atomic E-state index is 12.7. The van der Waals surface area contributed by atoms with Crippen LogP contribution in [0.25, 0.3) is 5.69 Å². The zero-order valence-corrected chi connectivity index (χ0v) is 17.2. The molecule has 2 amide bonds. The number of aromatic nitrogens is 4. The van der Waals surface area contributed by atoms with E-state index in [1.54, 1.807) is 65.2 Å². The summed E-state index contributed by atoms with van der Waals surface area (Å²) in [6, 6.07) is 16.1. The van der Waals surface area contributed by atoms with Gasteiger partial charge in [0.15, 0.2) is 0 Å². The van der Waals surface area contributed by atoms with Gasteiger partial charge in [-0.25, -0.2) is 4.68 Å². The topological polar surface area (TPSA) is 93.8 Å². The molecule has 2 aromatic heterocycles. The summed E-state index contributed by atoms with van der Waals surface area (Å²) in [4.78, 5) is 25.1. The molecule has 8 nitrogen and oxygen atoms in total. The Morgan fingerprint density at radius 3 is 2.48 bits per heavy atom. The summed E-state index contributed by atoms with van der Waals surface area (Å²) in [6.07, 6.45) is 6.58. The van der Waals surface area contributed by atoms with Crippen molar-refractivity contribution in [3.8, 4) is 5.69 Å². The van der Waals surface area contributed by atoms with E-state index in [9.17, 15) is 9.59 Å². The number of hydrogen-bond donors (Lipinski definition) is 2. The summed E-state index contributed by atoms with van der Waals surface area (Å²) < 4.78 is 3.25. The number of para-hydroxylation sites is 1. The molecule has 0 radical (unpaired) electrons. The molecule has 2 heterocycles. The second kappa shape index (κ2) is 8.66. The summed E-state index contributed by atoms with van der Waals surface area (Å²) >= 11 is 0. The molecule has 0 aliphatic rings. The molecule has 1 atom stereocenters. The number of anilines is 2. The summed E-state index contributed by atoms with van der Waals surface area (Å²) in [5.41, 5.74) is 3.56. The molecule has 31 heavy (non-hydrogen) atoms. The fourth-order valence-corrected chi connectivity index (χ4v) is 3.15. The minimum atomic E-state index is -0.458. The molecule has 0 aliphatic carbocycles. The average molecular weight is 414 g/mol. The summed E-state index contributed by atoms with van der Waals surface area (Å²) in [6.45, 7) is 3.75. The van der Waals surface area contributed by atoms with Crippen LogP contribution in [-0.4, -0.2) is 31.4 Å². The lowest BCUT2D eigenvalue weighted by Gasteiger charge is -2.13. The van der Waals surface area contributed by atoms with E-state index in [0.29, 0.717) is 16.9 Å². The van der Waals surface area contributed by atoms with Gasteiger partial charge in [0.25, 0.3) is 5.91 Å². The van der Waals surface area contributed by atoms with E-state index in [1.807, 2.05) is 31.2 Å². The standard InChI is InChI=1S/C23H22N6O2/c1-16-7-3-4-10-21(16)29-15-18(14-25-29)23(31)27-20-9-5-8-19(13-20)26-22(30)17(2)28-12-6-11-24-28/h3-15,17H,1-2H3,(H,26,30)(H,27,31). The molecule has 156 valence electrons. The molecule has 0 fully saturated rings. The van der Waals surface area contributed by atoms with Crippen molar-refractivity contribution < 1.29 is 9.59 Å². The molecule has 0 saturated carbocycles. The van der Waals surface area contributed by atoms with E-state index in [4.69, 9.17) is 0 Å². The van der Waals surface area contributed by atoms with Gasteiger partial charge >= 0.3 is 0 Å². The monoisotopic (exact) mass is 414 g/mol. The predicted molar refractivity (Wildman–Crippen MR) is 118 cm³/mol. The third-order valence-electron chi connectivity index (χ3n) is 4.90. The number of amides is 2. The van der Waals surface area contributed by atoms with Gasteiger partial charge in [-0.1, -0.05) is 24.3 Å². The number of carbonyl (C=O) groups is 2. The number of benzene rings is 2. The molecular formula is C23H22N6O2. The molecule has 2 aromatic carbocycles. The fraction of sp³-hybridized carbons (Fsp3) is 0.130. The van der Waals surface area contributed by atoms with Gasteiger partial charge in [-0.15, -0.1) is 0 Å². The van der Waals surface area contributed by atoms with Crippen LogP contribution < -0.4 is 10.6 Å². The van der Waals surface area contributed by atoms with Crippen LogP contribution in [0.4, 0.5) is 11.4 Å². The smallest absolute Gasteiger partial charge is 0.258 e. The molecule has 2 N–H and O–H groups in total. The first-order valence-corrected chi connectivity index (χ1v) is 9.83. The number of hydrogen-bond acceptors (Lipinski definition) is 4.